The molecule has 3 rings (SSSR count). The fourth-order valence-electron chi connectivity index (χ4n) is 4.19. The third kappa shape index (κ3) is 1.62. The van der Waals surface area contributed by atoms with Gasteiger partial charge in [0.1, 0.15) is 0 Å². The maximum absolute atomic E-state index is 6.05. The van der Waals surface area contributed by atoms with Crippen LogP contribution >= 0.6 is 0 Å². The van der Waals surface area contributed by atoms with Gasteiger partial charge >= 0.3 is 0 Å². The average Bonchev–Trinajstić information content (AvgIpc) is 2.77. The number of nitrogens with one attached hydrogen (secondary N) is 1. The van der Waals surface area contributed by atoms with Crippen LogP contribution in [0.15, 0.2) is 0 Å². The monoisotopic (exact) mass is 223 g/mol. The van der Waals surface area contributed by atoms with Gasteiger partial charge in [0.25, 0.3) is 0 Å². The molecule has 16 heavy (non-hydrogen) atoms. The van der Waals surface area contributed by atoms with E-state index in [9.17, 15) is 0 Å². The van der Waals surface area contributed by atoms with Crippen LogP contribution in [-0.4, -0.2) is 24.3 Å². The first-order valence-electron chi connectivity index (χ1n) is 7.18. The van der Waals surface area contributed by atoms with Crippen LogP contribution < -0.4 is 5.32 Å². The Bertz CT molecular complexity index is 253. The number of ether oxygens (including phenoxy) is 1. The molecule has 92 valence electrons. The highest BCUT2D eigenvalue weighted by molar-refractivity contribution is 5.04. The predicted molar refractivity (Wildman–Crippen MR) is 65.5 cm³/mol. The fraction of sp³-hybridized carbons (Fsp3) is 1.00. The van der Waals surface area contributed by atoms with Gasteiger partial charge in [-0.15, -0.1) is 0 Å². The van der Waals surface area contributed by atoms with Gasteiger partial charge < -0.3 is 10.1 Å². The van der Waals surface area contributed by atoms with Gasteiger partial charge in [0.15, 0.2) is 0 Å². The van der Waals surface area contributed by atoms with E-state index in [0.717, 1.165) is 12.5 Å². The van der Waals surface area contributed by atoms with E-state index in [1.165, 1.54) is 57.9 Å². The Labute approximate surface area is 99.1 Å². The number of hydrogen-bond donors (Lipinski definition) is 1. The van der Waals surface area contributed by atoms with Crippen LogP contribution in [0.4, 0.5) is 0 Å². The molecule has 1 spiro atoms. The Hall–Kier alpha value is -0.0800. The molecule has 1 saturated carbocycles. The van der Waals surface area contributed by atoms with Gasteiger partial charge in [0, 0.05) is 12.1 Å². The molecule has 1 aliphatic carbocycles. The summed E-state index contributed by atoms with van der Waals surface area (Å²) in [6.07, 6.45) is 10.7. The van der Waals surface area contributed by atoms with Crippen molar-refractivity contribution in [1.29, 1.82) is 0 Å². The van der Waals surface area contributed by atoms with E-state index in [1.807, 2.05) is 0 Å². The first-order chi connectivity index (χ1) is 7.79. The lowest BCUT2D eigenvalue weighted by Gasteiger charge is -2.51. The molecule has 3 fully saturated rings. The van der Waals surface area contributed by atoms with Gasteiger partial charge in [-0.25, -0.2) is 0 Å². The fourth-order valence-corrected chi connectivity index (χ4v) is 4.19. The Kier molecular flexibility index (Phi) is 2.75. The molecule has 0 aromatic carbocycles. The zero-order valence-electron chi connectivity index (χ0n) is 10.6. The highest BCUT2D eigenvalue weighted by Crippen LogP contribution is 2.48. The molecule has 1 N–H and O–H groups in total. The van der Waals surface area contributed by atoms with Gasteiger partial charge in [-0.05, 0) is 63.8 Å². The van der Waals surface area contributed by atoms with Gasteiger partial charge in [-0.3, -0.25) is 0 Å². The Morgan fingerprint density at radius 2 is 2.12 bits per heavy atom. The minimum absolute atomic E-state index is 0.315. The van der Waals surface area contributed by atoms with E-state index in [4.69, 9.17) is 4.74 Å². The summed E-state index contributed by atoms with van der Waals surface area (Å²) in [6, 6.07) is 0. The molecule has 2 atom stereocenters. The zero-order valence-corrected chi connectivity index (χ0v) is 10.6. The molecule has 0 bridgehead atoms. The van der Waals surface area contributed by atoms with E-state index >= 15 is 0 Å². The topological polar surface area (TPSA) is 21.3 Å². The van der Waals surface area contributed by atoms with Gasteiger partial charge in [-0.1, -0.05) is 6.92 Å². The second-order valence-electron chi connectivity index (χ2n) is 6.11. The summed E-state index contributed by atoms with van der Waals surface area (Å²) in [5.74, 6) is 0.869. The molecule has 2 heterocycles. The van der Waals surface area contributed by atoms with Crippen molar-refractivity contribution in [2.45, 2.75) is 69.4 Å². The van der Waals surface area contributed by atoms with Crippen molar-refractivity contribution in [1.82, 2.24) is 5.32 Å². The smallest absolute Gasteiger partial charge is 0.0686 e. The second kappa shape index (κ2) is 3.99. The Morgan fingerprint density at radius 1 is 1.25 bits per heavy atom. The standard InChI is InChI=1S/C14H25NO/c1-2-14(8-4-9-15-14)12-5-10-16-13(11-12)6-3-7-13/h12,15H,2-11H2,1H3. The van der Waals surface area contributed by atoms with Crippen LogP contribution in [-0.2, 0) is 4.74 Å². The molecule has 2 saturated heterocycles. The highest BCUT2D eigenvalue weighted by Gasteiger charge is 2.49. The van der Waals surface area contributed by atoms with E-state index in [-0.39, 0.29) is 0 Å². The van der Waals surface area contributed by atoms with E-state index in [0.29, 0.717) is 11.1 Å². The maximum Gasteiger partial charge on any atom is 0.0686 e. The average molecular weight is 223 g/mol. The van der Waals surface area contributed by atoms with Crippen LogP contribution in [0.25, 0.3) is 0 Å². The Balaban J connectivity index is 1.73. The van der Waals surface area contributed by atoms with Crippen molar-refractivity contribution < 1.29 is 4.74 Å². The molecule has 0 aromatic heterocycles. The Morgan fingerprint density at radius 3 is 2.69 bits per heavy atom. The summed E-state index contributed by atoms with van der Waals surface area (Å²) in [6.45, 7) is 4.60. The van der Waals surface area contributed by atoms with Crippen molar-refractivity contribution >= 4 is 0 Å². The van der Waals surface area contributed by atoms with Crippen LogP contribution in [0.2, 0.25) is 0 Å². The quantitative estimate of drug-likeness (QED) is 0.777. The maximum atomic E-state index is 6.05. The molecular formula is C14H25NO. The van der Waals surface area contributed by atoms with Gasteiger partial charge in [0.05, 0.1) is 5.60 Å². The third-order valence-electron chi connectivity index (χ3n) is 5.45. The minimum Gasteiger partial charge on any atom is -0.375 e. The summed E-state index contributed by atoms with van der Waals surface area (Å²) < 4.78 is 6.05. The summed E-state index contributed by atoms with van der Waals surface area (Å²) in [5.41, 5.74) is 0.779. The van der Waals surface area contributed by atoms with Crippen molar-refractivity contribution in [3.63, 3.8) is 0 Å². The van der Waals surface area contributed by atoms with Crippen molar-refractivity contribution in [2.75, 3.05) is 13.2 Å². The second-order valence-corrected chi connectivity index (χ2v) is 6.11. The molecular weight excluding hydrogens is 198 g/mol. The summed E-state index contributed by atoms with van der Waals surface area (Å²) in [7, 11) is 0. The molecule has 2 heteroatoms. The molecule has 2 unspecified atom stereocenters. The van der Waals surface area contributed by atoms with Crippen molar-refractivity contribution in [3.8, 4) is 0 Å². The normalized spacial score (nSPS) is 42.2. The SMILES string of the molecule is CCC1(C2CCOC3(CCC3)C2)CCCN1. The van der Waals surface area contributed by atoms with Gasteiger partial charge in [-0.2, -0.15) is 0 Å². The summed E-state index contributed by atoms with van der Waals surface area (Å²) >= 11 is 0. The third-order valence-corrected chi connectivity index (χ3v) is 5.45. The number of hydrogen-bond acceptors (Lipinski definition) is 2. The summed E-state index contributed by atoms with van der Waals surface area (Å²) in [4.78, 5) is 0. The molecule has 2 nitrogen and oxygen atoms in total. The lowest BCUT2D eigenvalue weighted by Crippen LogP contribution is -2.54. The van der Waals surface area contributed by atoms with Crippen LogP contribution in [0.3, 0.4) is 0 Å². The zero-order chi connectivity index (χ0) is 11.1. The van der Waals surface area contributed by atoms with E-state index in [2.05, 4.69) is 12.2 Å². The molecule has 3 aliphatic rings. The molecule has 0 radical (unpaired) electrons. The van der Waals surface area contributed by atoms with Crippen LogP contribution in [0, 0.1) is 5.92 Å². The summed E-state index contributed by atoms with van der Waals surface area (Å²) in [5, 5.41) is 3.82. The number of rotatable bonds is 2. The first kappa shape index (κ1) is 11.0. The minimum atomic E-state index is 0.315. The van der Waals surface area contributed by atoms with Gasteiger partial charge in [0.2, 0.25) is 0 Å². The largest absolute Gasteiger partial charge is 0.375 e. The van der Waals surface area contributed by atoms with E-state index < -0.39 is 0 Å². The lowest BCUT2D eigenvalue weighted by molar-refractivity contribution is -0.153. The highest BCUT2D eigenvalue weighted by atomic mass is 16.5. The van der Waals surface area contributed by atoms with Crippen molar-refractivity contribution in [3.05, 3.63) is 0 Å². The van der Waals surface area contributed by atoms with E-state index in [1.54, 1.807) is 0 Å². The predicted octanol–water partition coefficient (Wildman–Crippen LogP) is 2.87. The van der Waals surface area contributed by atoms with Crippen LogP contribution in [0.5, 0.6) is 0 Å². The van der Waals surface area contributed by atoms with Crippen molar-refractivity contribution in [2.24, 2.45) is 5.92 Å². The molecule has 0 aromatic rings. The van der Waals surface area contributed by atoms with Crippen LogP contribution in [0.1, 0.15) is 58.3 Å². The molecule has 0 amide bonds. The molecule has 2 aliphatic heterocycles. The lowest BCUT2D eigenvalue weighted by atomic mass is 9.66. The first-order valence-corrected chi connectivity index (χ1v) is 7.18.